The third kappa shape index (κ3) is 4.52. The van der Waals surface area contributed by atoms with Gasteiger partial charge in [-0.05, 0) is 45.0 Å². The molecule has 2 N–H and O–H groups in total. The molecule has 0 atom stereocenters. The Morgan fingerprint density at radius 2 is 1.63 bits per heavy atom. The molecule has 1 aromatic heterocycles. The molecule has 0 aliphatic heterocycles. The van der Waals surface area contributed by atoms with Gasteiger partial charge < -0.3 is 10.6 Å². The molecule has 4 nitrogen and oxygen atoms in total. The Balaban J connectivity index is 2.13. The van der Waals surface area contributed by atoms with Crippen LogP contribution < -0.4 is 10.6 Å². The molecule has 0 aliphatic carbocycles. The zero-order valence-corrected chi connectivity index (χ0v) is 12.8. The second kappa shape index (κ2) is 5.57. The SMILES string of the molecule is CC(C)(C)Nc1cc(Nc2ccc(Br)cc2)ncn1. The largest absolute Gasteiger partial charge is 0.365 e. The van der Waals surface area contributed by atoms with E-state index >= 15 is 0 Å². The fraction of sp³-hybridized carbons (Fsp3) is 0.286. The molecule has 0 aliphatic rings. The lowest BCUT2D eigenvalue weighted by Gasteiger charge is -2.21. The molecule has 0 unspecified atom stereocenters. The van der Waals surface area contributed by atoms with E-state index in [-0.39, 0.29) is 5.54 Å². The minimum Gasteiger partial charge on any atom is -0.365 e. The van der Waals surface area contributed by atoms with E-state index in [0.29, 0.717) is 0 Å². The van der Waals surface area contributed by atoms with Crippen molar-refractivity contribution >= 4 is 33.3 Å². The van der Waals surface area contributed by atoms with Crippen molar-refractivity contribution < 1.29 is 0 Å². The average Bonchev–Trinajstić information content (AvgIpc) is 2.30. The molecular formula is C14H17BrN4. The van der Waals surface area contributed by atoms with Crippen LogP contribution in [-0.2, 0) is 0 Å². The third-order valence-electron chi connectivity index (χ3n) is 2.29. The van der Waals surface area contributed by atoms with Gasteiger partial charge in [0, 0.05) is 21.8 Å². The van der Waals surface area contributed by atoms with Gasteiger partial charge >= 0.3 is 0 Å². The first-order chi connectivity index (χ1) is 8.92. The van der Waals surface area contributed by atoms with E-state index in [2.05, 4.69) is 57.3 Å². The summed E-state index contributed by atoms with van der Waals surface area (Å²) in [7, 11) is 0. The lowest BCUT2D eigenvalue weighted by atomic mass is 10.1. The van der Waals surface area contributed by atoms with E-state index < -0.39 is 0 Å². The maximum absolute atomic E-state index is 4.21. The van der Waals surface area contributed by atoms with E-state index in [1.807, 2.05) is 30.3 Å². The van der Waals surface area contributed by atoms with Gasteiger partial charge in [0.05, 0.1) is 0 Å². The number of anilines is 3. The smallest absolute Gasteiger partial charge is 0.135 e. The van der Waals surface area contributed by atoms with Crippen molar-refractivity contribution in [2.45, 2.75) is 26.3 Å². The summed E-state index contributed by atoms with van der Waals surface area (Å²) in [6.45, 7) is 6.28. The molecule has 19 heavy (non-hydrogen) atoms. The van der Waals surface area contributed by atoms with Gasteiger partial charge in [-0.1, -0.05) is 15.9 Å². The van der Waals surface area contributed by atoms with Gasteiger partial charge in [0.1, 0.15) is 18.0 Å². The molecule has 0 radical (unpaired) electrons. The fourth-order valence-corrected chi connectivity index (χ4v) is 1.82. The van der Waals surface area contributed by atoms with Crippen molar-refractivity contribution in [1.82, 2.24) is 9.97 Å². The van der Waals surface area contributed by atoms with Crippen LogP contribution in [0, 0.1) is 0 Å². The summed E-state index contributed by atoms with van der Waals surface area (Å²) in [5.41, 5.74) is 0.965. The van der Waals surface area contributed by atoms with Crippen LogP contribution in [0.5, 0.6) is 0 Å². The van der Waals surface area contributed by atoms with Crippen LogP contribution >= 0.6 is 15.9 Å². The summed E-state index contributed by atoms with van der Waals surface area (Å²) < 4.78 is 1.05. The van der Waals surface area contributed by atoms with Gasteiger partial charge in [0.2, 0.25) is 0 Å². The fourth-order valence-electron chi connectivity index (χ4n) is 1.56. The molecular weight excluding hydrogens is 304 g/mol. The predicted octanol–water partition coefficient (Wildman–Crippen LogP) is 4.19. The highest BCUT2D eigenvalue weighted by Crippen LogP contribution is 2.20. The summed E-state index contributed by atoms with van der Waals surface area (Å²) in [6, 6.07) is 9.84. The van der Waals surface area contributed by atoms with E-state index in [1.165, 1.54) is 0 Å². The molecule has 0 bridgehead atoms. The number of benzene rings is 1. The summed E-state index contributed by atoms with van der Waals surface area (Å²) in [6.07, 6.45) is 1.55. The molecule has 1 aromatic carbocycles. The zero-order chi connectivity index (χ0) is 13.9. The minimum atomic E-state index is -0.0246. The van der Waals surface area contributed by atoms with E-state index in [0.717, 1.165) is 21.8 Å². The first-order valence-electron chi connectivity index (χ1n) is 6.05. The molecule has 100 valence electrons. The van der Waals surface area contributed by atoms with Crippen LogP contribution in [0.4, 0.5) is 17.3 Å². The Labute approximate surface area is 121 Å². The lowest BCUT2D eigenvalue weighted by molar-refractivity contribution is 0.630. The van der Waals surface area contributed by atoms with Crippen molar-refractivity contribution in [2.75, 3.05) is 10.6 Å². The topological polar surface area (TPSA) is 49.8 Å². The normalized spacial score (nSPS) is 11.2. The summed E-state index contributed by atoms with van der Waals surface area (Å²) >= 11 is 3.41. The Morgan fingerprint density at radius 3 is 2.26 bits per heavy atom. The zero-order valence-electron chi connectivity index (χ0n) is 11.2. The number of hydrogen-bond donors (Lipinski definition) is 2. The van der Waals surface area contributed by atoms with Gasteiger partial charge in [0.15, 0.2) is 0 Å². The van der Waals surface area contributed by atoms with E-state index in [1.54, 1.807) is 6.33 Å². The second-order valence-electron chi connectivity index (χ2n) is 5.30. The van der Waals surface area contributed by atoms with Gasteiger partial charge in [-0.15, -0.1) is 0 Å². The summed E-state index contributed by atoms with van der Waals surface area (Å²) in [5, 5.41) is 6.56. The monoisotopic (exact) mass is 320 g/mol. The van der Waals surface area contributed by atoms with Crippen molar-refractivity contribution in [1.29, 1.82) is 0 Å². The van der Waals surface area contributed by atoms with Crippen molar-refractivity contribution in [2.24, 2.45) is 0 Å². The van der Waals surface area contributed by atoms with Crippen molar-refractivity contribution in [3.63, 3.8) is 0 Å². The molecule has 2 aromatic rings. The first kappa shape index (κ1) is 13.8. The maximum atomic E-state index is 4.21. The number of rotatable bonds is 3. The second-order valence-corrected chi connectivity index (χ2v) is 6.21. The highest BCUT2D eigenvalue weighted by Gasteiger charge is 2.10. The van der Waals surface area contributed by atoms with Crippen molar-refractivity contribution in [3.8, 4) is 0 Å². The van der Waals surface area contributed by atoms with Gasteiger partial charge in [-0.25, -0.2) is 9.97 Å². The Kier molecular flexibility index (Phi) is 4.04. The van der Waals surface area contributed by atoms with Crippen LogP contribution in [-0.4, -0.2) is 15.5 Å². The predicted molar refractivity (Wildman–Crippen MR) is 82.8 cm³/mol. The quantitative estimate of drug-likeness (QED) is 0.890. The Morgan fingerprint density at radius 1 is 1.00 bits per heavy atom. The number of hydrogen-bond acceptors (Lipinski definition) is 4. The van der Waals surface area contributed by atoms with Gasteiger partial charge in [0.25, 0.3) is 0 Å². The first-order valence-corrected chi connectivity index (χ1v) is 6.84. The highest BCUT2D eigenvalue weighted by molar-refractivity contribution is 9.10. The lowest BCUT2D eigenvalue weighted by Crippen LogP contribution is -2.26. The van der Waals surface area contributed by atoms with E-state index in [4.69, 9.17) is 0 Å². The van der Waals surface area contributed by atoms with Gasteiger partial charge in [-0.2, -0.15) is 0 Å². The molecule has 1 heterocycles. The average molecular weight is 321 g/mol. The highest BCUT2D eigenvalue weighted by atomic mass is 79.9. The van der Waals surface area contributed by atoms with Crippen LogP contribution in [0.1, 0.15) is 20.8 Å². The summed E-state index contributed by atoms with van der Waals surface area (Å²) in [5.74, 6) is 1.58. The molecule has 0 amide bonds. The van der Waals surface area contributed by atoms with Gasteiger partial charge in [-0.3, -0.25) is 0 Å². The standard InChI is InChI=1S/C14H17BrN4/c1-14(2,3)19-13-8-12(16-9-17-13)18-11-6-4-10(15)5-7-11/h4-9H,1-3H3,(H2,16,17,18,19). The number of aromatic nitrogens is 2. The molecule has 5 heteroatoms. The van der Waals surface area contributed by atoms with Crippen LogP contribution in [0.25, 0.3) is 0 Å². The van der Waals surface area contributed by atoms with Crippen LogP contribution in [0.15, 0.2) is 41.1 Å². The summed E-state index contributed by atoms with van der Waals surface area (Å²) in [4.78, 5) is 8.42. The number of nitrogens with one attached hydrogen (secondary N) is 2. The maximum Gasteiger partial charge on any atom is 0.135 e. The molecule has 2 rings (SSSR count). The molecule has 0 fully saturated rings. The Bertz CT molecular complexity index is 546. The Hall–Kier alpha value is -1.62. The molecule has 0 saturated heterocycles. The third-order valence-corrected chi connectivity index (χ3v) is 2.82. The number of halogens is 1. The van der Waals surface area contributed by atoms with Crippen molar-refractivity contribution in [3.05, 3.63) is 41.1 Å². The van der Waals surface area contributed by atoms with E-state index in [9.17, 15) is 0 Å². The minimum absolute atomic E-state index is 0.0246. The number of nitrogens with zero attached hydrogens (tertiary/aromatic N) is 2. The van der Waals surface area contributed by atoms with Crippen LogP contribution in [0.3, 0.4) is 0 Å². The molecule has 0 saturated carbocycles. The molecule has 0 spiro atoms. The van der Waals surface area contributed by atoms with Crippen LogP contribution in [0.2, 0.25) is 0 Å².